The molecule has 1 amide bonds. The van der Waals surface area contributed by atoms with Gasteiger partial charge in [0.15, 0.2) is 0 Å². The molecule has 38 heavy (non-hydrogen) atoms. The quantitative estimate of drug-likeness (QED) is 0.259. The third-order valence-corrected chi connectivity index (χ3v) is 7.62. The Bertz CT molecular complexity index is 1400. The van der Waals surface area contributed by atoms with Gasteiger partial charge in [-0.05, 0) is 71.1 Å². The summed E-state index contributed by atoms with van der Waals surface area (Å²) in [5, 5.41) is 4.85. The number of fused-ring (bicyclic) bond motifs is 1. The first-order valence-electron chi connectivity index (χ1n) is 12.7. The zero-order valence-electron chi connectivity index (χ0n) is 21.9. The molecule has 0 N–H and O–H groups in total. The number of hydrogen-bond donors (Lipinski definition) is 0. The van der Waals surface area contributed by atoms with Crippen LogP contribution in [0.2, 0.25) is 0 Å². The van der Waals surface area contributed by atoms with Crippen molar-refractivity contribution in [2.45, 2.75) is 31.9 Å². The fraction of sp³-hybridized carbons (Fsp3) is 0.333. The molecule has 1 aliphatic heterocycles. The van der Waals surface area contributed by atoms with Gasteiger partial charge in [0.1, 0.15) is 22.8 Å². The van der Waals surface area contributed by atoms with Crippen molar-refractivity contribution in [3.05, 3.63) is 70.4 Å². The van der Waals surface area contributed by atoms with Crippen LogP contribution in [-0.2, 0) is 22.5 Å². The number of carbonyl (C=O) groups excluding carboxylic acids is 1. The van der Waals surface area contributed by atoms with Crippen molar-refractivity contribution < 1.29 is 23.7 Å². The van der Waals surface area contributed by atoms with Gasteiger partial charge in [-0.25, -0.2) is 4.98 Å². The predicted molar refractivity (Wildman–Crippen MR) is 149 cm³/mol. The van der Waals surface area contributed by atoms with E-state index in [4.69, 9.17) is 23.9 Å². The van der Waals surface area contributed by atoms with Gasteiger partial charge in [-0.2, -0.15) is 11.3 Å². The van der Waals surface area contributed by atoms with Crippen LogP contribution < -0.4 is 14.2 Å². The molecule has 4 aromatic rings. The van der Waals surface area contributed by atoms with E-state index in [0.717, 1.165) is 47.2 Å². The first-order chi connectivity index (χ1) is 18.6. The van der Waals surface area contributed by atoms with Crippen LogP contribution in [0.15, 0.2) is 59.3 Å². The predicted octanol–water partition coefficient (Wildman–Crippen LogP) is 5.74. The Morgan fingerprint density at radius 3 is 2.55 bits per heavy atom. The van der Waals surface area contributed by atoms with E-state index in [0.29, 0.717) is 42.3 Å². The molecule has 2 aromatic heterocycles. The lowest BCUT2D eigenvalue weighted by atomic mass is 10.0. The van der Waals surface area contributed by atoms with Gasteiger partial charge in [0.05, 0.1) is 39.5 Å². The number of ether oxygens (including phenoxy) is 4. The van der Waals surface area contributed by atoms with Crippen LogP contribution >= 0.6 is 11.3 Å². The van der Waals surface area contributed by atoms with Gasteiger partial charge in [0.25, 0.3) is 0 Å². The second-order valence-corrected chi connectivity index (χ2v) is 10.1. The summed E-state index contributed by atoms with van der Waals surface area (Å²) in [6.07, 6.45) is 2.33. The minimum absolute atomic E-state index is 0.0270. The van der Waals surface area contributed by atoms with Crippen molar-refractivity contribution in [2.24, 2.45) is 0 Å². The van der Waals surface area contributed by atoms with Crippen LogP contribution in [0, 0.1) is 0 Å². The summed E-state index contributed by atoms with van der Waals surface area (Å²) >= 11 is 1.60. The van der Waals surface area contributed by atoms with Gasteiger partial charge < -0.3 is 23.8 Å². The summed E-state index contributed by atoms with van der Waals surface area (Å²) in [7, 11) is 4.92. The van der Waals surface area contributed by atoms with Gasteiger partial charge in [0.2, 0.25) is 5.91 Å². The Morgan fingerprint density at radius 2 is 1.84 bits per heavy atom. The van der Waals surface area contributed by atoms with Crippen LogP contribution in [0.1, 0.15) is 24.0 Å². The highest BCUT2D eigenvalue weighted by atomic mass is 32.1. The maximum atomic E-state index is 13.6. The number of thiophene rings is 1. The van der Waals surface area contributed by atoms with Crippen molar-refractivity contribution in [3.63, 3.8) is 0 Å². The number of nitrogens with zero attached hydrogens (tertiary/aromatic N) is 2. The van der Waals surface area contributed by atoms with E-state index in [1.807, 2.05) is 58.1 Å². The summed E-state index contributed by atoms with van der Waals surface area (Å²) < 4.78 is 23.0. The van der Waals surface area contributed by atoms with Crippen molar-refractivity contribution >= 4 is 28.1 Å². The van der Waals surface area contributed by atoms with Gasteiger partial charge in [-0.1, -0.05) is 12.1 Å². The Labute approximate surface area is 226 Å². The molecule has 1 atom stereocenters. The molecular weight excluding hydrogens is 500 g/mol. The van der Waals surface area contributed by atoms with Gasteiger partial charge in [-0.15, -0.1) is 0 Å². The van der Waals surface area contributed by atoms with Crippen LogP contribution in [0.5, 0.6) is 17.2 Å². The molecule has 1 saturated heterocycles. The Morgan fingerprint density at radius 1 is 1.05 bits per heavy atom. The molecule has 0 spiro atoms. The van der Waals surface area contributed by atoms with Crippen molar-refractivity contribution in [1.82, 2.24) is 9.88 Å². The Kier molecular flexibility index (Phi) is 8.10. The number of amides is 1. The summed E-state index contributed by atoms with van der Waals surface area (Å²) in [4.78, 5) is 20.7. The molecule has 5 rings (SSSR count). The number of hydrogen-bond acceptors (Lipinski definition) is 7. The van der Waals surface area contributed by atoms with Crippen LogP contribution in [0.25, 0.3) is 22.2 Å². The molecular formula is C30H32N2O5S. The number of para-hydroxylation sites is 1. The lowest BCUT2D eigenvalue weighted by Crippen LogP contribution is -2.38. The maximum absolute atomic E-state index is 13.6. The van der Waals surface area contributed by atoms with Gasteiger partial charge in [0, 0.05) is 30.6 Å². The molecule has 198 valence electrons. The molecule has 1 fully saturated rings. The van der Waals surface area contributed by atoms with E-state index < -0.39 is 0 Å². The molecule has 7 nitrogen and oxygen atoms in total. The molecule has 0 bridgehead atoms. The van der Waals surface area contributed by atoms with Gasteiger partial charge in [-0.3, -0.25) is 4.79 Å². The number of aromatic nitrogens is 1. The first kappa shape index (κ1) is 26.0. The number of benzene rings is 2. The van der Waals surface area contributed by atoms with Crippen LogP contribution in [-0.4, -0.2) is 56.4 Å². The third kappa shape index (κ3) is 5.47. The van der Waals surface area contributed by atoms with E-state index in [1.54, 1.807) is 32.7 Å². The molecule has 3 heterocycles. The smallest absolute Gasteiger partial charge is 0.227 e. The average molecular weight is 533 g/mol. The Balaban J connectivity index is 1.63. The monoisotopic (exact) mass is 532 g/mol. The molecule has 0 unspecified atom stereocenters. The number of rotatable bonds is 10. The lowest BCUT2D eigenvalue weighted by Gasteiger charge is -2.27. The molecule has 0 saturated carbocycles. The molecule has 0 radical (unpaired) electrons. The fourth-order valence-electron chi connectivity index (χ4n) is 4.96. The molecule has 1 aliphatic rings. The van der Waals surface area contributed by atoms with Crippen LogP contribution in [0.3, 0.4) is 0 Å². The zero-order valence-corrected chi connectivity index (χ0v) is 22.8. The summed E-state index contributed by atoms with van der Waals surface area (Å²) in [5.74, 6) is 2.10. The zero-order chi connectivity index (χ0) is 26.5. The largest absolute Gasteiger partial charge is 0.496 e. The summed E-state index contributed by atoms with van der Waals surface area (Å²) in [6.45, 7) is 1.64. The topological polar surface area (TPSA) is 70.1 Å². The minimum Gasteiger partial charge on any atom is -0.496 e. The van der Waals surface area contributed by atoms with Crippen molar-refractivity contribution in [1.29, 1.82) is 0 Å². The van der Waals surface area contributed by atoms with Crippen molar-refractivity contribution in [3.8, 4) is 28.5 Å². The number of carbonyl (C=O) groups is 1. The normalized spacial score (nSPS) is 15.0. The molecule has 2 aromatic carbocycles. The van der Waals surface area contributed by atoms with E-state index in [9.17, 15) is 4.79 Å². The highest BCUT2D eigenvalue weighted by molar-refractivity contribution is 7.08. The molecule has 0 aliphatic carbocycles. The van der Waals surface area contributed by atoms with E-state index in [1.165, 1.54) is 0 Å². The summed E-state index contributed by atoms with van der Waals surface area (Å²) in [6, 6.07) is 15.6. The van der Waals surface area contributed by atoms with Crippen LogP contribution in [0.4, 0.5) is 0 Å². The fourth-order valence-corrected chi connectivity index (χ4v) is 5.63. The van der Waals surface area contributed by atoms with E-state index in [-0.39, 0.29) is 12.0 Å². The maximum Gasteiger partial charge on any atom is 0.227 e. The number of methoxy groups -OCH3 is 3. The Hall–Kier alpha value is -3.62. The highest BCUT2D eigenvalue weighted by Gasteiger charge is 2.26. The lowest BCUT2D eigenvalue weighted by molar-refractivity contribution is -0.132. The van der Waals surface area contributed by atoms with Gasteiger partial charge >= 0.3 is 0 Å². The number of pyridine rings is 1. The highest BCUT2D eigenvalue weighted by Crippen LogP contribution is 2.38. The standard InChI is InChI=1S/C30H32N2O5S/c1-34-25-9-5-4-8-23(25)29-21(16-24-26(35-2)10-11-27(36-3)30(24)31-29)17-32(18-22-7-6-13-37-22)28(33)15-20-12-14-38-19-20/h4-5,8-12,14,16,19,22H,6-7,13,15,17-18H2,1-3H3/t22-/m0/s1. The first-order valence-corrected chi connectivity index (χ1v) is 13.6. The van der Waals surface area contributed by atoms with E-state index in [2.05, 4.69) is 6.07 Å². The average Bonchev–Trinajstić information content (AvgIpc) is 3.66. The summed E-state index contributed by atoms with van der Waals surface area (Å²) in [5.41, 5.74) is 4.18. The molecule has 8 heteroatoms. The van der Waals surface area contributed by atoms with Crippen molar-refractivity contribution in [2.75, 3.05) is 34.5 Å². The minimum atomic E-state index is 0.0270. The van der Waals surface area contributed by atoms with E-state index >= 15 is 0 Å². The third-order valence-electron chi connectivity index (χ3n) is 6.89. The SMILES string of the molecule is COc1ccccc1-c1nc2c(OC)ccc(OC)c2cc1CN(C[C@@H]1CCCO1)C(=O)Cc1ccsc1. The second kappa shape index (κ2) is 11.8. The second-order valence-electron chi connectivity index (χ2n) is 9.28.